The number of nitrogens with zero attached hydrogens (tertiary/aromatic N) is 2. The van der Waals surface area contributed by atoms with Crippen molar-refractivity contribution in [2.24, 2.45) is 29.1 Å². The molecule has 4 aliphatic rings. The average Bonchev–Trinajstić information content (AvgIpc) is 3.43. The lowest BCUT2D eigenvalue weighted by Gasteiger charge is -2.49. The molecule has 3 fully saturated rings. The molecule has 3 aromatic rings. The molecule has 0 aromatic heterocycles. The maximum atomic E-state index is 14.6. The Bertz CT molecular complexity index is 1870. The molecule has 4 amide bonds. The zero-order valence-electron chi connectivity index (χ0n) is 26.2. The van der Waals surface area contributed by atoms with Crippen LogP contribution in [-0.4, -0.2) is 35.3 Å². The zero-order chi connectivity index (χ0) is 33.4. The lowest BCUT2D eigenvalue weighted by molar-refractivity contribution is -0.131. The number of aryl methyl sites for hydroxylation is 1. The smallest absolute Gasteiger partial charge is 0.241 e. The molecule has 0 unspecified atom stereocenters. The Morgan fingerprint density at radius 2 is 1.66 bits per heavy atom. The summed E-state index contributed by atoms with van der Waals surface area (Å²) in [5.41, 5.74) is 1.45. The minimum absolute atomic E-state index is 0.136. The molecule has 8 nitrogen and oxygen atoms in total. The number of phenols is 1. The number of ether oxygens (including phenoxy) is 1. The highest BCUT2D eigenvalue weighted by Crippen LogP contribution is 2.65. The van der Waals surface area contributed by atoms with Crippen LogP contribution in [0.15, 0.2) is 72.3 Å². The Labute approximate surface area is 276 Å². The zero-order valence-corrected chi connectivity index (χ0v) is 27.0. The summed E-state index contributed by atoms with van der Waals surface area (Å²) < 4.78 is 19.8. The minimum Gasteiger partial charge on any atom is -0.504 e. The van der Waals surface area contributed by atoms with Crippen molar-refractivity contribution in [3.05, 3.63) is 94.3 Å². The largest absolute Gasteiger partial charge is 0.504 e. The molecule has 2 heterocycles. The molecule has 0 radical (unpaired) electrons. The minimum atomic E-state index is -1.39. The molecule has 1 saturated carbocycles. The lowest BCUT2D eigenvalue weighted by Crippen LogP contribution is -2.48. The summed E-state index contributed by atoms with van der Waals surface area (Å²) in [6.07, 6.45) is 3.15. The first-order valence-corrected chi connectivity index (χ1v) is 16.3. The van der Waals surface area contributed by atoms with Gasteiger partial charge in [-0.2, -0.15) is 0 Å². The summed E-state index contributed by atoms with van der Waals surface area (Å²) in [5.74, 6) is -5.95. The van der Waals surface area contributed by atoms with Crippen molar-refractivity contribution in [1.29, 1.82) is 0 Å². The van der Waals surface area contributed by atoms with Crippen LogP contribution in [0.1, 0.15) is 50.7 Å². The van der Waals surface area contributed by atoms with Gasteiger partial charge in [-0.25, -0.2) is 9.29 Å². The topological polar surface area (TPSA) is 104 Å². The fourth-order valence-electron chi connectivity index (χ4n) is 8.41. The van der Waals surface area contributed by atoms with Crippen LogP contribution in [0.25, 0.3) is 0 Å². The summed E-state index contributed by atoms with van der Waals surface area (Å²) in [6.45, 7) is 5.82. The van der Waals surface area contributed by atoms with Crippen molar-refractivity contribution in [1.82, 2.24) is 0 Å². The van der Waals surface area contributed by atoms with Gasteiger partial charge in [-0.3, -0.25) is 24.1 Å². The number of phenolic OH excluding ortho intramolecular Hbond substituents is 1. The lowest BCUT2D eigenvalue weighted by atomic mass is 9.51. The normalized spacial score (nSPS) is 28.3. The van der Waals surface area contributed by atoms with Gasteiger partial charge < -0.3 is 9.84 Å². The maximum Gasteiger partial charge on any atom is 0.241 e. The molecule has 0 spiro atoms. The van der Waals surface area contributed by atoms with Crippen molar-refractivity contribution in [3.63, 3.8) is 0 Å². The van der Waals surface area contributed by atoms with E-state index in [1.807, 2.05) is 25.1 Å². The van der Waals surface area contributed by atoms with Gasteiger partial charge in [-0.05, 0) is 81.0 Å². The number of para-hydroxylation sites is 1. The van der Waals surface area contributed by atoms with Crippen LogP contribution in [0, 0.1) is 34.9 Å². The van der Waals surface area contributed by atoms with E-state index in [1.54, 1.807) is 44.2 Å². The number of halogens is 2. The molecule has 2 saturated heterocycles. The van der Waals surface area contributed by atoms with Gasteiger partial charge in [-0.1, -0.05) is 54.4 Å². The second-order valence-corrected chi connectivity index (χ2v) is 13.3. The third-order valence-electron chi connectivity index (χ3n) is 10.7. The summed E-state index contributed by atoms with van der Waals surface area (Å²) in [4.78, 5) is 59.4. The molecule has 7 rings (SSSR count). The van der Waals surface area contributed by atoms with Gasteiger partial charge >= 0.3 is 0 Å². The van der Waals surface area contributed by atoms with Crippen molar-refractivity contribution in [3.8, 4) is 11.5 Å². The Kier molecular flexibility index (Phi) is 7.50. The van der Waals surface area contributed by atoms with E-state index in [4.69, 9.17) is 16.3 Å². The van der Waals surface area contributed by atoms with E-state index < -0.39 is 52.6 Å². The molecule has 3 aromatic carbocycles. The summed E-state index contributed by atoms with van der Waals surface area (Å²) in [6, 6.07) is 16.1. The van der Waals surface area contributed by atoms with Crippen molar-refractivity contribution >= 4 is 46.6 Å². The second-order valence-electron chi connectivity index (χ2n) is 12.9. The fraction of sp³-hybridized carbons (Fsp3) is 0.351. The highest BCUT2D eigenvalue weighted by atomic mass is 35.5. The highest BCUT2D eigenvalue weighted by molar-refractivity contribution is 6.32. The van der Waals surface area contributed by atoms with Crippen LogP contribution >= 0.6 is 11.6 Å². The van der Waals surface area contributed by atoms with E-state index in [0.29, 0.717) is 17.9 Å². The third-order valence-corrected chi connectivity index (χ3v) is 11.0. The Balaban J connectivity index is 1.37. The van der Waals surface area contributed by atoms with E-state index in [9.17, 15) is 28.7 Å². The van der Waals surface area contributed by atoms with Gasteiger partial charge in [0.1, 0.15) is 5.82 Å². The highest BCUT2D eigenvalue weighted by Gasteiger charge is 2.68. The number of hydrogen-bond donors (Lipinski definition) is 1. The first-order chi connectivity index (χ1) is 22.5. The standard InChI is InChI=1S/C37H34ClFN2O6/c1-4-19-9-11-20(12-10-19)40-33(43)23-15-14-22-25(30(23)35(40)45)18-26-34(44)41(21-13-16-28(39)27(38)17-21)36(46)37(26,3)31(22)24-7-6-8-29(32(24)42)47-5-2/h6-14,16-17,23,25-26,30-31,42H,4-5,15,18H2,1-3H3/t23-,25+,26-,30-,31+,37+/m0/s1. The monoisotopic (exact) mass is 656 g/mol. The quantitative estimate of drug-likeness (QED) is 0.237. The van der Waals surface area contributed by atoms with Gasteiger partial charge in [-0.15, -0.1) is 0 Å². The summed E-state index contributed by atoms with van der Waals surface area (Å²) in [7, 11) is 0. The first-order valence-electron chi connectivity index (χ1n) is 16.0. The Morgan fingerprint density at radius 3 is 2.34 bits per heavy atom. The number of amides is 4. The van der Waals surface area contributed by atoms with E-state index in [-0.39, 0.29) is 46.9 Å². The van der Waals surface area contributed by atoms with E-state index in [0.717, 1.165) is 28.5 Å². The van der Waals surface area contributed by atoms with E-state index in [1.165, 1.54) is 17.0 Å². The maximum absolute atomic E-state index is 14.6. The molecule has 47 heavy (non-hydrogen) atoms. The molecule has 10 heteroatoms. The van der Waals surface area contributed by atoms with Crippen LogP contribution in [0.2, 0.25) is 5.02 Å². The Hall–Kier alpha value is -4.50. The number of allylic oxidation sites excluding steroid dienone is 2. The first kappa shape index (κ1) is 31.1. The molecule has 242 valence electrons. The molecular weight excluding hydrogens is 623 g/mol. The average molecular weight is 657 g/mol. The van der Waals surface area contributed by atoms with Crippen LogP contribution in [0.3, 0.4) is 0 Å². The predicted octanol–water partition coefficient (Wildman–Crippen LogP) is 6.58. The number of imide groups is 2. The molecule has 2 aliphatic carbocycles. The fourth-order valence-corrected chi connectivity index (χ4v) is 8.58. The molecular formula is C37H34ClFN2O6. The van der Waals surface area contributed by atoms with Crippen molar-refractivity contribution in [2.45, 2.75) is 46.0 Å². The number of anilines is 2. The summed E-state index contributed by atoms with van der Waals surface area (Å²) >= 11 is 6.08. The van der Waals surface area contributed by atoms with Crippen molar-refractivity contribution in [2.75, 3.05) is 16.4 Å². The SMILES string of the molecule is CCOc1cccc([C@H]2C3=CC[C@@H]4C(=O)N(c5ccc(CC)cc5)C(=O)[C@@H]4[C@@H]3C[C@H]3C(=O)N(c4ccc(F)c(Cl)c4)C(=O)[C@@]23C)c1O. The number of aromatic hydroxyl groups is 1. The number of hydrogen-bond acceptors (Lipinski definition) is 6. The number of carbonyl (C=O) groups excluding carboxylic acids is 4. The summed E-state index contributed by atoms with van der Waals surface area (Å²) in [5, 5.41) is 11.3. The van der Waals surface area contributed by atoms with Gasteiger partial charge in [0.2, 0.25) is 23.6 Å². The van der Waals surface area contributed by atoms with E-state index >= 15 is 0 Å². The van der Waals surface area contributed by atoms with Gasteiger partial charge in [0.15, 0.2) is 11.5 Å². The Morgan fingerprint density at radius 1 is 0.936 bits per heavy atom. The number of carbonyl (C=O) groups is 4. The molecule has 0 bridgehead atoms. The molecule has 2 aliphatic heterocycles. The molecule has 1 N–H and O–H groups in total. The van der Waals surface area contributed by atoms with Gasteiger partial charge in [0, 0.05) is 11.5 Å². The van der Waals surface area contributed by atoms with Crippen molar-refractivity contribution < 1.29 is 33.4 Å². The predicted molar refractivity (Wildman–Crippen MR) is 174 cm³/mol. The number of fused-ring (bicyclic) bond motifs is 4. The third kappa shape index (κ3) is 4.46. The molecule has 6 atom stereocenters. The van der Waals surface area contributed by atoms with Crippen LogP contribution < -0.4 is 14.5 Å². The number of benzene rings is 3. The van der Waals surface area contributed by atoms with Crippen LogP contribution in [-0.2, 0) is 25.6 Å². The van der Waals surface area contributed by atoms with Gasteiger partial charge in [0.05, 0.1) is 46.2 Å². The van der Waals surface area contributed by atoms with E-state index in [2.05, 4.69) is 0 Å². The van der Waals surface area contributed by atoms with Crippen LogP contribution in [0.5, 0.6) is 11.5 Å². The second kappa shape index (κ2) is 11.3. The van der Waals surface area contributed by atoms with Gasteiger partial charge in [0.25, 0.3) is 0 Å². The number of rotatable bonds is 6. The van der Waals surface area contributed by atoms with Crippen LogP contribution in [0.4, 0.5) is 15.8 Å².